The largest absolute Gasteiger partial charge is 0.493 e. The van der Waals surface area contributed by atoms with E-state index in [1.54, 1.807) is 19.1 Å². The van der Waals surface area contributed by atoms with Gasteiger partial charge in [-0.05, 0) is 39.8 Å². The Morgan fingerprint density at radius 3 is 2.67 bits per heavy atom. The van der Waals surface area contributed by atoms with Crippen molar-refractivity contribution in [3.8, 4) is 11.8 Å². The van der Waals surface area contributed by atoms with Crippen molar-refractivity contribution in [2.45, 2.75) is 45.7 Å². The number of nitro benzene ring substituents is 1. The van der Waals surface area contributed by atoms with Crippen LogP contribution in [0, 0.1) is 28.4 Å². The number of nitro groups is 1. The molecule has 0 heterocycles. The zero-order valence-corrected chi connectivity index (χ0v) is 12.8. The van der Waals surface area contributed by atoms with E-state index in [1.807, 2.05) is 20.8 Å². The molecule has 1 atom stereocenters. The van der Waals surface area contributed by atoms with Crippen LogP contribution in [0.15, 0.2) is 18.2 Å². The van der Waals surface area contributed by atoms with Crippen molar-refractivity contribution in [1.29, 1.82) is 5.26 Å². The third-order valence-corrected chi connectivity index (χ3v) is 3.09. The van der Waals surface area contributed by atoms with Gasteiger partial charge in [0.05, 0.1) is 17.6 Å². The fraction of sp³-hybridized carbons (Fsp3) is 0.533. The summed E-state index contributed by atoms with van der Waals surface area (Å²) in [6.07, 6.45) is 0.526. The van der Waals surface area contributed by atoms with Crippen LogP contribution in [0.3, 0.4) is 0 Å². The fourth-order valence-corrected chi connectivity index (χ4v) is 2.09. The molecule has 0 amide bonds. The van der Waals surface area contributed by atoms with Gasteiger partial charge in [-0.1, -0.05) is 0 Å². The van der Waals surface area contributed by atoms with Crippen molar-refractivity contribution in [3.63, 3.8) is 0 Å². The first kappa shape index (κ1) is 16.9. The Hall–Kier alpha value is -2.13. The smallest absolute Gasteiger partial charge is 0.272 e. The second-order valence-electron chi connectivity index (χ2n) is 5.55. The summed E-state index contributed by atoms with van der Waals surface area (Å²) in [6.45, 7) is 7.83. The van der Waals surface area contributed by atoms with Gasteiger partial charge in [0.2, 0.25) is 0 Å². The van der Waals surface area contributed by atoms with Crippen LogP contribution >= 0.6 is 0 Å². The first-order valence-electron chi connectivity index (χ1n) is 6.84. The molecule has 6 nitrogen and oxygen atoms in total. The van der Waals surface area contributed by atoms with Gasteiger partial charge in [-0.3, -0.25) is 15.4 Å². The van der Waals surface area contributed by atoms with E-state index in [0.29, 0.717) is 24.3 Å². The second kappa shape index (κ2) is 7.04. The quantitative estimate of drug-likeness (QED) is 0.616. The van der Waals surface area contributed by atoms with E-state index < -0.39 is 10.5 Å². The number of aryl methyl sites for hydroxylation is 1. The number of benzene rings is 1. The average Bonchev–Trinajstić information content (AvgIpc) is 2.37. The molecule has 0 radical (unpaired) electrons. The van der Waals surface area contributed by atoms with E-state index in [2.05, 4.69) is 11.4 Å². The Morgan fingerprint density at radius 1 is 1.52 bits per heavy atom. The van der Waals surface area contributed by atoms with Crippen molar-refractivity contribution in [1.82, 2.24) is 5.32 Å². The van der Waals surface area contributed by atoms with Crippen molar-refractivity contribution >= 4 is 5.69 Å². The standard InChI is InChI=1S/C15H21N3O3/c1-11(2)17-15(4,10-16)7-8-21-13-5-6-14(18(19)20)12(3)9-13/h5-6,9,11,17H,7-8H2,1-4H3. The Balaban J connectivity index is 2.62. The maximum absolute atomic E-state index is 10.7. The van der Waals surface area contributed by atoms with Crippen LogP contribution < -0.4 is 10.1 Å². The topological polar surface area (TPSA) is 88.2 Å². The molecule has 6 heteroatoms. The maximum atomic E-state index is 10.7. The summed E-state index contributed by atoms with van der Waals surface area (Å²) in [5, 5.41) is 23.2. The number of nitrogens with one attached hydrogen (secondary N) is 1. The van der Waals surface area contributed by atoms with Crippen LogP contribution in [0.4, 0.5) is 5.69 Å². The van der Waals surface area contributed by atoms with Gasteiger partial charge in [-0.25, -0.2) is 0 Å². The number of nitrogens with zero attached hydrogens (tertiary/aromatic N) is 2. The van der Waals surface area contributed by atoms with E-state index in [9.17, 15) is 15.4 Å². The summed E-state index contributed by atoms with van der Waals surface area (Å²) >= 11 is 0. The van der Waals surface area contributed by atoms with Crippen molar-refractivity contribution in [2.24, 2.45) is 0 Å². The molecule has 0 fully saturated rings. The van der Waals surface area contributed by atoms with Gasteiger partial charge in [0.25, 0.3) is 5.69 Å². The molecule has 1 rings (SSSR count). The first-order valence-corrected chi connectivity index (χ1v) is 6.84. The lowest BCUT2D eigenvalue weighted by molar-refractivity contribution is -0.385. The van der Waals surface area contributed by atoms with Crippen LogP contribution in [0.1, 0.15) is 32.8 Å². The van der Waals surface area contributed by atoms with Crippen LogP contribution in [-0.2, 0) is 0 Å². The Morgan fingerprint density at radius 2 is 2.19 bits per heavy atom. The SMILES string of the molecule is Cc1cc(OCCC(C)(C#N)NC(C)C)ccc1[N+](=O)[O-]. The molecule has 21 heavy (non-hydrogen) atoms. The summed E-state index contributed by atoms with van der Waals surface area (Å²) in [5.41, 5.74) is -0.0178. The molecule has 1 aromatic carbocycles. The molecule has 0 aliphatic rings. The highest BCUT2D eigenvalue weighted by Gasteiger charge is 2.24. The Bertz CT molecular complexity index is 552. The molecule has 1 unspecified atom stereocenters. The lowest BCUT2D eigenvalue weighted by Gasteiger charge is -2.25. The summed E-state index contributed by atoms with van der Waals surface area (Å²) in [5.74, 6) is 0.572. The van der Waals surface area contributed by atoms with E-state index in [1.165, 1.54) is 6.07 Å². The highest BCUT2D eigenvalue weighted by Crippen LogP contribution is 2.23. The summed E-state index contributed by atoms with van der Waals surface area (Å²) in [6, 6.07) is 7.10. The van der Waals surface area contributed by atoms with Gasteiger partial charge >= 0.3 is 0 Å². The van der Waals surface area contributed by atoms with Crippen LogP contribution in [0.5, 0.6) is 5.75 Å². The normalized spacial score (nSPS) is 13.5. The minimum Gasteiger partial charge on any atom is -0.493 e. The number of rotatable bonds is 7. The Kier molecular flexibility index (Phi) is 5.68. The van der Waals surface area contributed by atoms with Gasteiger partial charge in [-0.15, -0.1) is 0 Å². The molecule has 114 valence electrons. The average molecular weight is 291 g/mol. The highest BCUT2D eigenvalue weighted by molar-refractivity contribution is 5.44. The van der Waals surface area contributed by atoms with Crippen molar-refractivity contribution in [3.05, 3.63) is 33.9 Å². The van der Waals surface area contributed by atoms with E-state index in [4.69, 9.17) is 4.74 Å². The monoisotopic (exact) mass is 291 g/mol. The summed E-state index contributed by atoms with van der Waals surface area (Å²) in [7, 11) is 0. The van der Waals surface area contributed by atoms with Crippen molar-refractivity contribution < 1.29 is 9.66 Å². The zero-order chi connectivity index (χ0) is 16.0. The van der Waals surface area contributed by atoms with Crippen LogP contribution in [-0.4, -0.2) is 23.1 Å². The van der Waals surface area contributed by atoms with E-state index >= 15 is 0 Å². The molecule has 0 aliphatic heterocycles. The van der Waals surface area contributed by atoms with Crippen molar-refractivity contribution in [2.75, 3.05) is 6.61 Å². The molecule has 0 saturated carbocycles. The lowest BCUT2D eigenvalue weighted by Crippen LogP contribution is -2.45. The van der Waals surface area contributed by atoms with E-state index in [0.717, 1.165) is 0 Å². The summed E-state index contributed by atoms with van der Waals surface area (Å²) < 4.78 is 5.59. The maximum Gasteiger partial charge on any atom is 0.272 e. The molecule has 1 aromatic rings. The van der Waals surface area contributed by atoms with Gasteiger partial charge in [0, 0.05) is 24.1 Å². The summed E-state index contributed by atoms with van der Waals surface area (Å²) in [4.78, 5) is 10.3. The van der Waals surface area contributed by atoms with Crippen LogP contribution in [0.2, 0.25) is 0 Å². The number of hydrogen-bond acceptors (Lipinski definition) is 5. The molecule has 1 N–H and O–H groups in total. The molecule has 0 saturated heterocycles. The van der Waals surface area contributed by atoms with Gasteiger partial charge in [0.1, 0.15) is 11.3 Å². The minimum absolute atomic E-state index is 0.0747. The molecule has 0 aliphatic carbocycles. The molecule has 0 spiro atoms. The van der Waals surface area contributed by atoms with Gasteiger partial charge in [0.15, 0.2) is 0 Å². The second-order valence-corrected chi connectivity index (χ2v) is 5.55. The highest BCUT2D eigenvalue weighted by atomic mass is 16.6. The number of nitriles is 1. The number of hydrogen-bond donors (Lipinski definition) is 1. The molecule has 0 bridgehead atoms. The number of ether oxygens (including phenoxy) is 1. The van der Waals surface area contributed by atoms with Crippen LogP contribution in [0.25, 0.3) is 0 Å². The van der Waals surface area contributed by atoms with E-state index in [-0.39, 0.29) is 11.7 Å². The van der Waals surface area contributed by atoms with Gasteiger partial charge < -0.3 is 4.74 Å². The molecule has 0 aromatic heterocycles. The lowest BCUT2D eigenvalue weighted by atomic mass is 9.99. The Labute approximate surface area is 124 Å². The molecular formula is C15H21N3O3. The third kappa shape index (κ3) is 5.04. The first-order chi connectivity index (χ1) is 9.77. The predicted octanol–water partition coefficient (Wildman–Crippen LogP) is 2.95. The molecular weight excluding hydrogens is 270 g/mol. The van der Waals surface area contributed by atoms with Gasteiger partial charge in [-0.2, -0.15) is 5.26 Å². The zero-order valence-electron chi connectivity index (χ0n) is 12.8. The third-order valence-electron chi connectivity index (χ3n) is 3.09. The minimum atomic E-state index is -0.649. The fourth-order valence-electron chi connectivity index (χ4n) is 2.09. The predicted molar refractivity (Wildman–Crippen MR) is 80.2 cm³/mol.